The van der Waals surface area contributed by atoms with Crippen LogP contribution in [0.1, 0.15) is 43.2 Å². The zero-order valence-corrected chi connectivity index (χ0v) is 12.0. The Morgan fingerprint density at radius 2 is 2.44 bits per heavy atom. The lowest BCUT2D eigenvalue weighted by molar-refractivity contribution is -0.138. The summed E-state index contributed by atoms with van der Waals surface area (Å²) in [5, 5.41) is 2.14. The zero-order chi connectivity index (χ0) is 13.1. The van der Waals surface area contributed by atoms with Crippen molar-refractivity contribution in [1.29, 1.82) is 0 Å². The van der Waals surface area contributed by atoms with Gasteiger partial charge in [0.25, 0.3) is 0 Å². The van der Waals surface area contributed by atoms with E-state index >= 15 is 0 Å². The number of rotatable bonds is 4. The lowest BCUT2D eigenvalue weighted by atomic mass is 9.95. The van der Waals surface area contributed by atoms with Crippen LogP contribution in [0, 0.1) is 5.92 Å². The molecule has 2 N–H and O–H groups in total. The number of fused-ring (bicyclic) bond motifs is 1. The third-order valence-electron chi connectivity index (χ3n) is 3.79. The van der Waals surface area contributed by atoms with Crippen LogP contribution in [-0.4, -0.2) is 23.9 Å². The highest BCUT2D eigenvalue weighted by Gasteiger charge is 2.31. The van der Waals surface area contributed by atoms with Crippen molar-refractivity contribution < 1.29 is 4.79 Å². The normalized spacial score (nSPS) is 20.6. The molecule has 1 amide bonds. The van der Waals surface area contributed by atoms with E-state index in [4.69, 9.17) is 5.73 Å². The third kappa shape index (κ3) is 2.45. The third-order valence-corrected chi connectivity index (χ3v) is 4.78. The lowest BCUT2D eigenvalue weighted by Gasteiger charge is -2.37. The van der Waals surface area contributed by atoms with E-state index in [1.165, 1.54) is 10.4 Å². The maximum atomic E-state index is 12.5. The first-order valence-electron chi connectivity index (χ1n) is 6.75. The van der Waals surface area contributed by atoms with Crippen LogP contribution in [0.5, 0.6) is 0 Å². The summed E-state index contributed by atoms with van der Waals surface area (Å²) in [5.41, 5.74) is 6.92. The minimum Gasteiger partial charge on any atom is -0.335 e. The first-order chi connectivity index (χ1) is 8.69. The number of carbonyl (C=O) groups excluding carboxylic acids is 1. The summed E-state index contributed by atoms with van der Waals surface area (Å²) < 4.78 is 0. The molecule has 0 aromatic carbocycles. The molecule has 100 valence electrons. The number of nitrogens with zero attached hydrogens (tertiary/aromatic N) is 1. The molecule has 2 unspecified atom stereocenters. The van der Waals surface area contributed by atoms with Gasteiger partial charge in [-0.05, 0) is 42.8 Å². The summed E-state index contributed by atoms with van der Waals surface area (Å²) >= 11 is 1.82. The Bertz CT molecular complexity index is 416. The topological polar surface area (TPSA) is 46.3 Å². The van der Waals surface area contributed by atoms with Gasteiger partial charge in [0.05, 0.1) is 6.04 Å². The van der Waals surface area contributed by atoms with E-state index in [0.717, 1.165) is 25.8 Å². The molecule has 0 fully saturated rings. The molecule has 0 saturated carbocycles. The van der Waals surface area contributed by atoms with Crippen LogP contribution >= 0.6 is 11.3 Å². The van der Waals surface area contributed by atoms with Gasteiger partial charge < -0.3 is 10.6 Å². The minimum absolute atomic E-state index is 0.0456. The summed E-state index contributed by atoms with van der Waals surface area (Å²) in [6, 6.07) is 2.45. The Hall–Kier alpha value is -0.870. The Morgan fingerprint density at radius 3 is 3.11 bits per heavy atom. The van der Waals surface area contributed by atoms with Gasteiger partial charge in [-0.2, -0.15) is 0 Å². The number of amides is 1. The second-order valence-electron chi connectivity index (χ2n) is 4.98. The molecule has 1 aromatic rings. The lowest BCUT2D eigenvalue weighted by Crippen LogP contribution is -2.42. The molecule has 2 atom stereocenters. The van der Waals surface area contributed by atoms with Crippen LogP contribution < -0.4 is 5.73 Å². The highest BCUT2D eigenvalue weighted by molar-refractivity contribution is 7.10. The first-order valence-corrected chi connectivity index (χ1v) is 7.63. The highest BCUT2D eigenvalue weighted by Crippen LogP contribution is 2.36. The molecule has 1 aromatic heterocycles. The Balaban J connectivity index is 2.17. The van der Waals surface area contributed by atoms with Crippen LogP contribution in [0.2, 0.25) is 0 Å². The summed E-state index contributed by atoms with van der Waals surface area (Å²) in [7, 11) is 0. The molecule has 0 saturated heterocycles. The van der Waals surface area contributed by atoms with E-state index in [0.29, 0.717) is 6.54 Å². The number of hydrogen-bond donors (Lipinski definition) is 1. The van der Waals surface area contributed by atoms with Gasteiger partial charge in [0.1, 0.15) is 0 Å². The maximum absolute atomic E-state index is 12.5. The Labute approximate surface area is 113 Å². The highest BCUT2D eigenvalue weighted by atomic mass is 32.1. The van der Waals surface area contributed by atoms with Crippen LogP contribution in [0.4, 0.5) is 0 Å². The van der Waals surface area contributed by atoms with Crippen molar-refractivity contribution in [2.75, 3.05) is 13.1 Å². The van der Waals surface area contributed by atoms with Crippen molar-refractivity contribution in [2.24, 2.45) is 11.7 Å². The van der Waals surface area contributed by atoms with E-state index in [9.17, 15) is 4.79 Å². The molecule has 3 nitrogen and oxygen atoms in total. The smallest absolute Gasteiger partial charge is 0.225 e. The van der Waals surface area contributed by atoms with Gasteiger partial charge in [0.15, 0.2) is 0 Å². The predicted molar refractivity (Wildman–Crippen MR) is 75.6 cm³/mol. The van der Waals surface area contributed by atoms with Gasteiger partial charge >= 0.3 is 0 Å². The molecule has 0 spiro atoms. The summed E-state index contributed by atoms with van der Waals surface area (Å²) in [6.07, 6.45) is 2.78. The van der Waals surface area contributed by atoms with E-state index in [-0.39, 0.29) is 17.9 Å². The van der Waals surface area contributed by atoms with Crippen molar-refractivity contribution in [1.82, 2.24) is 4.90 Å². The standard InChI is InChI=1S/C14H22N2OS/c1-3-12-11-6-9-18-13(11)5-8-16(12)14(17)10(2)4-7-15/h6,9-10,12H,3-5,7-8,15H2,1-2H3. The number of thiophene rings is 1. The fourth-order valence-electron chi connectivity index (χ4n) is 2.76. The van der Waals surface area contributed by atoms with Gasteiger partial charge in [-0.3, -0.25) is 4.79 Å². The molecule has 18 heavy (non-hydrogen) atoms. The molecule has 4 heteroatoms. The van der Waals surface area contributed by atoms with Crippen molar-refractivity contribution in [3.05, 3.63) is 21.9 Å². The summed E-state index contributed by atoms with van der Waals surface area (Å²) in [4.78, 5) is 16.0. The average molecular weight is 266 g/mol. The van der Waals surface area contributed by atoms with Gasteiger partial charge in [-0.1, -0.05) is 13.8 Å². The number of nitrogens with two attached hydrogens (primary N) is 1. The fraction of sp³-hybridized carbons (Fsp3) is 0.643. The Morgan fingerprint density at radius 1 is 1.67 bits per heavy atom. The molecular weight excluding hydrogens is 244 g/mol. The van der Waals surface area contributed by atoms with Gasteiger partial charge in [-0.15, -0.1) is 11.3 Å². The van der Waals surface area contributed by atoms with Gasteiger partial charge in [0, 0.05) is 17.3 Å². The maximum Gasteiger partial charge on any atom is 0.225 e. The monoisotopic (exact) mass is 266 g/mol. The van der Waals surface area contributed by atoms with Gasteiger partial charge in [-0.25, -0.2) is 0 Å². The van der Waals surface area contributed by atoms with Crippen LogP contribution in [-0.2, 0) is 11.2 Å². The van der Waals surface area contributed by atoms with E-state index in [1.807, 2.05) is 18.3 Å². The predicted octanol–water partition coefficient (Wildman–Crippen LogP) is 2.57. The second-order valence-corrected chi connectivity index (χ2v) is 5.98. The summed E-state index contributed by atoms with van der Waals surface area (Å²) in [5.74, 6) is 0.313. The van der Waals surface area contributed by atoms with Gasteiger partial charge in [0.2, 0.25) is 5.91 Å². The number of hydrogen-bond acceptors (Lipinski definition) is 3. The average Bonchev–Trinajstić information content (AvgIpc) is 2.85. The minimum atomic E-state index is 0.0456. The van der Waals surface area contributed by atoms with Crippen molar-refractivity contribution in [2.45, 2.75) is 39.2 Å². The fourth-order valence-corrected chi connectivity index (χ4v) is 3.69. The van der Waals surface area contributed by atoms with Crippen LogP contribution in [0.3, 0.4) is 0 Å². The number of carbonyl (C=O) groups is 1. The molecular formula is C14H22N2OS. The molecule has 2 heterocycles. The molecule has 0 radical (unpaired) electrons. The van der Waals surface area contributed by atoms with Crippen LogP contribution in [0.25, 0.3) is 0 Å². The van der Waals surface area contributed by atoms with Crippen molar-refractivity contribution in [3.63, 3.8) is 0 Å². The van der Waals surface area contributed by atoms with E-state index < -0.39 is 0 Å². The van der Waals surface area contributed by atoms with E-state index in [2.05, 4.69) is 23.3 Å². The molecule has 0 bridgehead atoms. The summed E-state index contributed by atoms with van der Waals surface area (Å²) in [6.45, 7) is 5.59. The molecule has 1 aliphatic heterocycles. The molecule has 1 aliphatic rings. The quantitative estimate of drug-likeness (QED) is 0.910. The zero-order valence-electron chi connectivity index (χ0n) is 11.2. The largest absolute Gasteiger partial charge is 0.335 e. The molecule has 0 aliphatic carbocycles. The van der Waals surface area contributed by atoms with Crippen molar-refractivity contribution >= 4 is 17.2 Å². The van der Waals surface area contributed by atoms with Crippen LogP contribution in [0.15, 0.2) is 11.4 Å². The van der Waals surface area contributed by atoms with E-state index in [1.54, 1.807) is 0 Å². The molecule has 2 rings (SSSR count). The SMILES string of the molecule is CCC1c2ccsc2CCN1C(=O)C(C)CCN. The van der Waals surface area contributed by atoms with Crippen molar-refractivity contribution in [3.8, 4) is 0 Å². The first kappa shape index (κ1) is 13.6. The second kappa shape index (κ2) is 5.85. The Kier molecular flexibility index (Phi) is 4.40.